The molecule has 0 aliphatic rings. The molecule has 90 valence electrons. The minimum Gasteiger partial charge on any atom is -0.404 e. The Morgan fingerprint density at radius 1 is 1.59 bits per heavy atom. The molecule has 1 N–H and O–H groups in total. The van der Waals surface area contributed by atoms with Crippen LogP contribution in [-0.4, -0.2) is 14.7 Å². The van der Waals surface area contributed by atoms with Crippen molar-refractivity contribution in [2.24, 2.45) is 0 Å². The number of nitro groups is 1. The van der Waals surface area contributed by atoms with Crippen LogP contribution in [0.2, 0.25) is 0 Å². The van der Waals surface area contributed by atoms with Crippen LogP contribution in [0, 0.1) is 10.1 Å². The van der Waals surface area contributed by atoms with Gasteiger partial charge in [0.2, 0.25) is 0 Å². The van der Waals surface area contributed by atoms with E-state index in [0.717, 1.165) is 12.2 Å². The molecule has 2 rings (SSSR count). The van der Waals surface area contributed by atoms with Crippen LogP contribution in [-0.2, 0) is 13.1 Å². The standard InChI is InChI=1S/C10H12N4O3/c1-2-13-7-8(5-12-13)11-6-9-3-4-10(17-9)14(15)16/h3-5,7,11H,2,6H2,1H3. The summed E-state index contributed by atoms with van der Waals surface area (Å²) in [6, 6.07) is 2.92. The van der Waals surface area contributed by atoms with Gasteiger partial charge >= 0.3 is 5.88 Å². The summed E-state index contributed by atoms with van der Waals surface area (Å²) in [7, 11) is 0. The third-order valence-corrected chi connectivity index (χ3v) is 2.25. The lowest BCUT2D eigenvalue weighted by Crippen LogP contribution is -1.97. The largest absolute Gasteiger partial charge is 0.433 e. The lowest BCUT2D eigenvalue weighted by Gasteiger charge is -1.98. The second-order valence-corrected chi connectivity index (χ2v) is 3.44. The molecule has 0 atom stereocenters. The number of aryl methyl sites for hydroxylation is 1. The number of furan rings is 1. The summed E-state index contributed by atoms with van der Waals surface area (Å²) in [5, 5.41) is 17.6. The minimum absolute atomic E-state index is 0.244. The maximum atomic E-state index is 10.4. The third-order valence-electron chi connectivity index (χ3n) is 2.25. The molecule has 2 aromatic heterocycles. The van der Waals surface area contributed by atoms with Gasteiger partial charge in [-0.2, -0.15) is 5.10 Å². The summed E-state index contributed by atoms with van der Waals surface area (Å²) >= 11 is 0. The van der Waals surface area contributed by atoms with Crippen LogP contribution in [0.3, 0.4) is 0 Å². The minimum atomic E-state index is -0.557. The first-order chi connectivity index (χ1) is 8.19. The Morgan fingerprint density at radius 2 is 2.41 bits per heavy atom. The van der Waals surface area contributed by atoms with Crippen molar-refractivity contribution in [1.82, 2.24) is 9.78 Å². The zero-order chi connectivity index (χ0) is 12.3. The van der Waals surface area contributed by atoms with Gasteiger partial charge in [0.05, 0.1) is 24.5 Å². The zero-order valence-corrected chi connectivity index (χ0v) is 9.29. The van der Waals surface area contributed by atoms with E-state index in [4.69, 9.17) is 4.42 Å². The normalized spacial score (nSPS) is 10.4. The van der Waals surface area contributed by atoms with Gasteiger partial charge in [-0.15, -0.1) is 0 Å². The fourth-order valence-electron chi connectivity index (χ4n) is 1.38. The molecule has 17 heavy (non-hydrogen) atoms. The van der Waals surface area contributed by atoms with E-state index < -0.39 is 4.92 Å². The molecule has 2 heterocycles. The predicted octanol–water partition coefficient (Wildman–Crippen LogP) is 2.02. The molecule has 0 spiro atoms. The van der Waals surface area contributed by atoms with Gasteiger partial charge in [-0.1, -0.05) is 0 Å². The molecule has 0 saturated carbocycles. The summed E-state index contributed by atoms with van der Waals surface area (Å²) < 4.78 is 6.80. The van der Waals surface area contributed by atoms with Gasteiger partial charge in [0, 0.05) is 12.7 Å². The highest BCUT2D eigenvalue weighted by Crippen LogP contribution is 2.16. The molecule has 0 aromatic carbocycles. The van der Waals surface area contributed by atoms with Crippen LogP contribution < -0.4 is 5.32 Å². The average Bonchev–Trinajstić information content (AvgIpc) is 2.95. The van der Waals surface area contributed by atoms with Crippen LogP contribution in [0.15, 0.2) is 28.9 Å². The number of hydrogen-bond acceptors (Lipinski definition) is 5. The number of nitrogens with one attached hydrogen (secondary N) is 1. The Bertz CT molecular complexity index is 517. The van der Waals surface area contributed by atoms with Gasteiger partial charge in [0.1, 0.15) is 10.7 Å². The molecule has 7 nitrogen and oxygen atoms in total. The molecule has 0 aliphatic heterocycles. The van der Waals surface area contributed by atoms with Crippen LogP contribution in [0.5, 0.6) is 0 Å². The lowest BCUT2D eigenvalue weighted by molar-refractivity contribution is -0.402. The second kappa shape index (κ2) is 4.69. The topological polar surface area (TPSA) is 86.1 Å². The van der Waals surface area contributed by atoms with Crippen LogP contribution in [0.1, 0.15) is 12.7 Å². The maximum absolute atomic E-state index is 10.4. The number of anilines is 1. The molecule has 0 aliphatic carbocycles. The van der Waals surface area contributed by atoms with Crippen molar-refractivity contribution in [3.05, 3.63) is 40.4 Å². The number of hydrogen-bond donors (Lipinski definition) is 1. The van der Waals surface area contributed by atoms with E-state index in [9.17, 15) is 10.1 Å². The summed E-state index contributed by atoms with van der Waals surface area (Å²) in [6.45, 7) is 3.18. The Balaban J connectivity index is 1.94. The van der Waals surface area contributed by atoms with Crippen molar-refractivity contribution in [2.45, 2.75) is 20.0 Å². The van der Waals surface area contributed by atoms with Crippen molar-refractivity contribution >= 4 is 11.6 Å². The molecule has 0 amide bonds. The second-order valence-electron chi connectivity index (χ2n) is 3.44. The highest BCUT2D eigenvalue weighted by atomic mass is 16.6. The van der Waals surface area contributed by atoms with Gasteiger partial charge in [0.15, 0.2) is 0 Å². The molecule has 2 aromatic rings. The zero-order valence-electron chi connectivity index (χ0n) is 9.29. The molecule has 0 radical (unpaired) electrons. The maximum Gasteiger partial charge on any atom is 0.433 e. The molecule has 0 saturated heterocycles. The molecular formula is C10H12N4O3. The van der Waals surface area contributed by atoms with Crippen molar-refractivity contribution in [1.29, 1.82) is 0 Å². The first-order valence-corrected chi connectivity index (χ1v) is 5.18. The Morgan fingerprint density at radius 3 is 3.00 bits per heavy atom. The smallest absolute Gasteiger partial charge is 0.404 e. The number of nitrogens with zero attached hydrogens (tertiary/aromatic N) is 3. The summed E-state index contributed by atoms with van der Waals surface area (Å²) in [5.41, 5.74) is 0.853. The van der Waals surface area contributed by atoms with Gasteiger partial charge in [-0.05, 0) is 13.0 Å². The van der Waals surface area contributed by atoms with Gasteiger partial charge < -0.3 is 9.73 Å². The van der Waals surface area contributed by atoms with E-state index in [-0.39, 0.29) is 5.88 Å². The fourth-order valence-corrected chi connectivity index (χ4v) is 1.38. The molecule has 0 unspecified atom stereocenters. The van der Waals surface area contributed by atoms with E-state index in [1.807, 2.05) is 13.1 Å². The van der Waals surface area contributed by atoms with Gasteiger partial charge in [-0.25, -0.2) is 0 Å². The van der Waals surface area contributed by atoms with Crippen LogP contribution in [0.4, 0.5) is 11.6 Å². The number of aromatic nitrogens is 2. The van der Waals surface area contributed by atoms with E-state index in [1.165, 1.54) is 6.07 Å². The van der Waals surface area contributed by atoms with Crippen molar-refractivity contribution in [3.63, 3.8) is 0 Å². The molecular weight excluding hydrogens is 224 g/mol. The first-order valence-electron chi connectivity index (χ1n) is 5.18. The van der Waals surface area contributed by atoms with Crippen molar-refractivity contribution < 1.29 is 9.34 Å². The van der Waals surface area contributed by atoms with E-state index in [1.54, 1.807) is 16.9 Å². The summed E-state index contributed by atoms with van der Waals surface area (Å²) in [4.78, 5) is 9.85. The average molecular weight is 236 g/mol. The SMILES string of the molecule is CCn1cc(NCc2ccc([N+](=O)[O-])o2)cn1. The Kier molecular flexibility index (Phi) is 3.08. The summed E-state index contributed by atoms with van der Waals surface area (Å²) in [6.07, 6.45) is 3.55. The molecule has 7 heteroatoms. The highest BCUT2D eigenvalue weighted by molar-refractivity contribution is 5.38. The van der Waals surface area contributed by atoms with Crippen LogP contribution >= 0.6 is 0 Å². The van der Waals surface area contributed by atoms with E-state index in [2.05, 4.69) is 10.4 Å². The fraction of sp³-hybridized carbons (Fsp3) is 0.300. The van der Waals surface area contributed by atoms with Gasteiger partial charge in [-0.3, -0.25) is 14.8 Å². The van der Waals surface area contributed by atoms with E-state index in [0.29, 0.717) is 12.3 Å². The lowest BCUT2D eigenvalue weighted by atomic mass is 10.4. The van der Waals surface area contributed by atoms with Crippen molar-refractivity contribution in [3.8, 4) is 0 Å². The van der Waals surface area contributed by atoms with E-state index >= 15 is 0 Å². The monoisotopic (exact) mass is 236 g/mol. The van der Waals surface area contributed by atoms with Gasteiger partial charge in [0.25, 0.3) is 0 Å². The Hall–Kier alpha value is -2.31. The highest BCUT2D eigenvalue weighted by Gasteiger charge is 2.11. The van der Waals surface area contributed by atoms with Crippen molar-refractivity contribution in [2.75, 3.05) is 5.32 Å². The predicted molar refractivity (Wildman–Crippen MR) is 60.6 cm³/mol. The first kappa shape index (κ1) is 11.2. The summed E-state index contributed by atoms with van der Waals surface area (Å²) in [5.74, 6) is 0.270. The quantitative estimate of drug-likeness (QED) is 0.634. The van der Waals surface area contributed by atoms with Crippen LogP contribution in [0.25, 0.3) is 0 Å². The number of rotatable bonds is 5. The third kappa shape index (κ3) is 2.63. The molecule has 0 fully saturated rings. The Labute approximate surface area is 97.2 Å². The molecule has 0 bridgehead atoms.